The van der Waals surface area contributed by atoms with E-state index in [2.05, 4.69) is 19.2 Å². The fraction of sp³-hybridized carbons (Fsp3) is 0.625. The molecule has 3 heteroatoms. The maximum absolute atomic E-state index is 5.79. The molecule has 0 amide bonds. The molecule has 0 saturated carbocycles. The summed E-state index contributed by atoms with van der Waals surface area (Å²) in [5, 5.41) is 3.45. The molecule has 108 valence electrons. The molecule has 1 rings (SSSR count). The normalized spacial score (nSPS) is 12.5. The maximum atomic E-state index is 5.79. The van der Waals surface area contributed by atoms with E-state index < -0.39 is 0 Å². The Balaban J connectivity index is 2.32. The second-order valence-corrected chi connectivity index (χ2v) is 5.08. The highest BCUT2D eigenvalue weighted by Crippen LogP contribution is 2.27. The second-order valence-electron chi connectivity index (χ2n) is 5.08. The summed E-state index contributed by atoms with van der Waals surface area (Å²) in [6.45, 7) is 10.1. The van der Waals surface area contributed by atoms with Gasteiger partial charge in [0.15, 0.2) is 11.5 Å². The molecular weight excluding hydrogens is 238 g/mol. The number of rotatable bonds is 9. The maximum Gasteiger partial charge on any atom is 0.161 e. The third kappa shape index (κ3) is 6.48. The van der Waals surface area contributed by atoms with Crippen molar-refractivity contribution >= 4 is 0 Å². The minimum Gasteiger partial charge on any atom is -0.490 e. The highest BCUT2D eigenvalue weighted by atomic mass is 16.5. The fourth-order valence-corrected chi connectivity index (χ4v) is 1.67. The Morgan fingerprint density at radius 1 is 1.11 bits per heavy atom. The highest BCUT2D eigenvalue weighted by Gasteiger charge is 2.05. The topological polar surface area (TPSA) is 30.5 Å². The van der Waals surface area contributed by atoms with Gasteiger partial charge in [0.2, 0.25) is 0 Å². The minimum absolute atomic E-state index is 0.164. The number of ether oxygens (including phenoxy) is 2. The summed E-state index contributed by atoms with van der Waals surface area (Å²) in [6, 6.07) is 8.43. The van der Waals surface area contributed by atoms with Crippen molar-refractivity contribution < 1.29 is 9.47 Å². The molecule has 0 radical (unpaired) electrons. The molecule has 19 heavy (non-hydrogen) atoms. The zero-order chi connectivity index (χ0) is 14.1. The van der Waals surface area contributed by atoms with Crippen LogP contribution in [0, 0.1) is 0 Å². The van der Waals surface area contributed by atoms with Gasteiger partial charge in [0, 0.05) is 6.04 Å². The number of benzene rings is 1. The first-order chi connectivity index (χ1) is 9.13. The summed E-state index contributed by atoms with van der Waals surface area (Å²) in [5.41, 5.74) is 0. The quantitative estimate of drug-likeness (QED) is 0.692. The van der Waals surface area contributed by atoms with Crippen molar-refractivity contribution in [1.29, 1.82) is 0 Å². The predicted octanol–water partition coefficient (Wildman–Crippen LogP) is 3.63. The number of nitrogens with one attached hydrogen (secondary N) is 1. The summed E-state index contributed by atoms with van der Waals surface area (Å²) in [6.07, 6.45) is 2.32. The van der Waals surface area contributed by atoms with Crippen molar-refractivity contribution in [3.63, 3.8) is 0 Å². The average Bonchev–Trinajstić information content (AvgIpc) is 2.39. The van der Waals surface area contributed by atoms with Crippen LogP contribution in [0.1, 0.15) is 40.5 Å². The molecule has 1 N–H and O–H groups in total. The van der Waals surface area contributed by atoms with E-state index in [0.717, 1.165) is 30.9 Å². The Morgan fingerprint density at radius 2 is 1.79 bits per heavy atom. The molecule has 0 aromatic heterocycles. The van der Waals surface area contributed by atoms with Gasteiger partial charge in [-0.25, -0.2) is 0 Å². The molecule has 0 aliphatic carbocycles. The molecule has 0 unspecified atom stereocenters. The lowest BCUT2D eigenvalue weighted by Crippen LogP contribution is -2.27. The zero-order valence-corrected chi connectivity index (χ0v) is 12.6. The smallest absolute Gasteiger partial charge is 0.161 e. The molecule has 1 atom stereocenters. The SMILES string of the molecule is CC[C@H](C)NCCCOc1ccccc1OC(C)C. The van der Waals surface area contributed by atoms with Gasteiger partial charge in [0.05, 0.1) is 12.7 Å². The van der Waals surface area contributed by atoms with E-state index in [1.807, 2.05) is 38.1 Å². The van der Waals surface area contributed by atoms with E-state index in [1.165, 1.54) is 0 Å². The van der Waals surface area contributed by atoms with Gasteiger partial charge in [-0.15, -0.1) is 0 Å². The molecular formula is C16H27NO2. The Morgan fingerprint density at radius 3 is 2.42 bits per heavy atom. The van der Waals surface area contributed by atoms with Crippen LogP contribution in [0.4, 0.5) is 0 Å². The number of hydrogen-bond acceptors (Lipinski definition) is 3. The molecule has 0 bridgehead atoms. The summed E-state index contributed by atoms with van der Waals surface area (Å²) < 4.78 is 11.5. The Labute approximate surface area is 117 Å². The van der Waals surface area contributed by atoms with E-state index >= 15 is 0 Å². The van der Waals surface area contributed by atoms with Gasteiger partial charge < -0.3 is 14.8 Å². The lowest BCUT2D eigenvalue weighted by atomic mass is 10.2. The molecule has 0 aliphatic heterocycles. The van der Waals surface area contributed by atoms with Gasteiger partial charge >= 0.3 is 0 Å². The third-order valence-electron chi connectivity index (χ3n) is 2.90. The van der Waals surface area contributed by atoms with Crippen molar-refractivity contribution in [3.8, 4) is 11.5 Å². The summed E-state index contributed by atoms with van der Waals surface area (Å²) >= 11 is 0. The van der Waals surface area contributed by atoms with Crippen LogP contribution in [0.5, 0.6) is 11.5 Å². The monoisotopic (exact) mass is 265 g/mol. The molecule has 0 saturated heterocycles. The largest absolute Gasteiger partial charge is 0.490 e. The molecule has 0 spiro atoms. The van der Waals surface area contributed by atoms with E-state index in [-0.39, 0.29) is 6.10 Å². The van der Waals surface area contributed by atoms with Crippen LogP contribution >= 0.6 is 0 Å². The van der Waals surface area contributed by atoms with Crippen LogP contribution < -0.4 is 14.8 Å². The van der Waals surface area contributed by atoms with Crippen LogP contribution in [0.3, 0.4) is 0 Å². The van der Waals surface area contributed by atoms with Gasteiger partial charge in [0.25, 0.3) is 0 Å². The molecule has 1 aromatic rings. The lowest BCUT2D eigenvalue weighted by Gasteiger charge is -2.15. The van der Waals surface area contributed by atoms with Crippen LogP contribution in [-0.4, -0.2) is 25.3 Å². The molecule has 0 aliphatic rings. The first-order valence-corrected chi connectivity index (χ1v) is 7.25. The van der Waals surface area contributed by atoms with Gasteiger partial charge in [-0.05, 0) is 52.3 Å². The van der Waals surface area contributed by atoms with Gasteiger partial charge in [-0.2, -0.15) is 0 Å². The van der Waals surface area contributed by atoms with E-state index in [1.54, 1.807) is 0 Å². The van der Waals surface area contributed by atoms with Gasteiger partial charge in [0.1, 0.15) is 0 Å². The molecule has 0 heterocycles. The van der Waals surface area contributed by atoms with Crippen molar-refractivity contribution in [3.05, 3.63) is 24.3 Å². The minimum atomic E-state index is 0.164. The van der Waals surface area contributed by atoms with Crippen molar-refractivity contribution in [1.82, 2.24) is 5.32 Å². The van der Waals surface area contributed by atoms with Gasteiger partial charge in [-0.1, -0.05) is 19.1 Å². The van der Waals surface area contributed by atoms with E-state index in [4.69, 9.17) is 9.47 Å². The Hall–Kier alpha value is -1.22. The van der Waals surface area contributed by atoms with Crippen molar-refractivity contribution in [2.75, 3.05) is 13.2 Å². The molecule has 0 fully saturated rings. The Bertz CT molecular complexity index is 352. The highest BCUT2D eigenvalue weighted by molar-refractivity contribution is 5.39. The first-order valence-electron chi connectivity index (χ1n) is 7.25. The molecule has 1 aromatic carbocycles. The lowest BCUT2D eigenvalue weighted by molar-refractivity contribution is 0.219. The summed E-state index contributed by atoms with van der Waals surface area (Å²) in [4.78, 5) is 0. The zero-order valence-electron chi connectivity index (χ0n) is 12.6. The number of hydrogen-bond donors (Lipinski definition) is 1. The van der Waals surface area contributed by atoms with Crippen LogP contribution in [0.25, 0.3) is 0 Å². The second kappa shape index (κ2) is 8.81. The summed E-state index contributed by atoms with van der Waals surface area (Å²) in [7, 11) is 0. The number of para-hydroxylation sites is 2. The van der Waals surface area contributed by atoms with E-state index in [9.17, 15) is 0 Å². The molecule has 3 nitrogen and oxygen atoms in total. The van der Waals surface area contributed by atoms with E-state index in [0.29, 0.717) is 12.6 Å². The van der Waals surface area contributed by atoms with Crippen LogP contribution in [-0.2, 0) is 0 Å². The van der Waals surface area contributed by atoms with Gasteiger partial charge in [-0.3, -0.25) is 0 Å². The van der Waals surface area contributed by atoms with Crippen molar-refractivity contribution in [2.45, 2.75) is 52.7 Å². The first kappa shape index (κ1) is 15.8. The average molecular weight is 265 g/mol. The Kier molecular flexibility index (Phi) is 7.34. The van der Waals surface area contributed by atoms with Crippen molar-refractivity contribution in [2.24, 2.45) is 0 Å². The third-order valence-corrected chi connectivity index (χ3v) is 2.90. The van der Waals surface area contributed by atoms with Crippen LogP contribution in [0.15, 0.2) is 24.3 Å². The summed E-state index contributed by atoms with van der Waals surface area (Å²) in [5.74, 6) is 1.66. The predicted molar refractivity (Wildman–Crippen MR) is 80.1 cm³/mol. The van der Waals surface area contributed by atoms with Crippen LogP contribution in [0.2, 0.25) is 0 Å². The standard InChI is InChI=1S/C16H27NO2/c1-5-14(4)17-11-8-12-18-15-9-6-7-10-16(15)19-13(2)3/h6-7,9-10,13-14,17H,5,8,11-12H2,1-4H3/t14-/m0/s1. The fourth-order valence-electron chi connectivity index (χ4n) is 1.67.